The van der Waals surface area contributed by atoms with Crippen LogP contribution in [0.25, 0.3) is 0 Å². The number of carbonyl (C=O) groups excluding carboxylic acids is 1. The lowest BCUT2D eigenvalue weighted by molar-refractivity contribution is -0.135. The molecule has 0 saturated carbocycles. The lowest BCUT2D eigenvalue weighted by atomic mass is 10.1. The van der Waals surface area contributed by atoms with E-state index in [1.807, 2.05) is 23.1 Å². The summed E-state index contributed by atoms with van der Waals surface area (Å²) < 4.78 is 33.6. The first kappa shape index (κ1) is 23.4. The van der Waals surface area contributed by atoms with Gasteiger partial charge in [-0.2, -0.15) is 0 Å². The van der Waals surface area contributed by atoms with Crippen molar-refractivity contribution in [2.24, 2.45) is 0 Å². The Balaban J connectivity index is 1.32. The number of rotatable bonds is 7. The second-order valence-electron chi connectivity index (χ2n) is 8.15. The minimum absolute atomic E-state index is 0.0163. The van der Waals surface area contributed by atoms with Crippen LogP contribution in [0.15, 0.2) is 77.7 Å². The molecule has 2 N–H and O–H groups in total. The number of nitrogens with zero attached hydrogens (tertiary/aromatic N) is 2. The third-order valence-electron chi connectivity index (χ3n) is 5.94. The fraction of sp³-hybridized carbons (Fsp3) is 0.375. The van der Waals surface area contributed by atoms with Crippen molar-refractivity contribution < 1.29 is 23.1 Å². The number of hydrogen-bond donors (Lipinski definition) is 2. The molecular weight excluding hydrogens is 442 g/mol. The van der Waals surface area contributed by atoms with Gasteiger partial charge in [0.25, 0.3) is 0 Å². The van der Waals surface area contributed by atoms with Gasteiger partial charge in [-0.15, -0.1) is 0 Å². The maximum atomic E-state index is 12.8. The summed E-state index contributed by atoms with van der Waals surface area (Å²) in [6.07, 6.45) is 2.22. The van der Waals surface area contributed by atoms with Crippen LogP contribution in [0.2, 0.25) is 0 Å². The molecule has 0 radical (unpaired) electrons. The molecule has 2 aromatic carbocycles. The summed E-state index contributed by atoms with van der Waals surface area (Å²) in [6.45, 7) is 2.42. The highest BCUT2D eigenvalue weighted by molar-refractivity contribution is 7.89. The van der Waals surface area contributed by atoms with Gasteiger partial charge in [-0.05, 0) is 24.3 Å². The van der Waals surface area contributed by atoms with Gasteiger partial charge >= 0.3 is 0 Å². The smallest absolute Gasteiger partial charge is 0.241 e. The Bertz CT molecular complexity index is 1050. The van der Waals surface area contributed by atoms with Crippen LogP contribution in [0, 0.1) is 0 Å². The van der Waals surface area contributed by atoms with Gasteiger partial charge in [0.15, 0.2) is 0 Å². The molecule has 0 aromatic heterocycles. The number of aliphatic hydroxyl groups is 1. The van der Waals surface area contributed by atoms with Crippen molar-refractivity contribution in [2.75, 3.05) is 37.7 Å². The molecule has 2 aliphatic heterocycles. The molecule has 0 unspecified atom stereocenters. The normalized spacial score (nSPS) is 23.5. The molecule has 3 atom stereocenters. The van der Waals surface area contributed by atoms with Crippen molar-refractivity contribution in [2.45, 2.75) is 29.6 Å². The SMILES string of the molecule is O=C(C[C@H]1C=C[C@@H](NS(=O)(=O)c2ccccc2)[C@@H](CO)O1)N1CCN(c2ccccc2)CC1. The van der Waals surface area contributed by atoms with Crippen LogP contribution in [0.5, 0.6) is 0 Å². The van der Waals surface area contributed by atoms with Crippen LogP contribution in [-0.4, -0.2) is 75.4 Å². The highest BCUT2D eigenvalue weighted by Gasteiger charge is 2.32. The molecule has 8 nitrogen and oxygen atoms in total. The van der Waals surface area contributed by atoms with E-state index < -0.39 is 28.3 Å². The number of hydrogen-bond acceptors (Lipinski definition) is 6. The van der Waals surface area contributed by atoms with E-state index in [0.29, 0.717) is 13.1 Å². The average Bonchev–Trinajstić information content (AvgIpc) is 2.86. The molecule has 1 amide bonds. The molecule has 9 heteroatoms. The van der Waals surface area contributed by atoms with Crippen LogP contribution in [0.1, 0.15) is 6.42 Å². The summed E-state index contributed by atoms with van der Waals surface area (Å²) in [7, 11) is -3.76. The number of carbonyl (C=O) groups is 1. The van der Waals surface area contributed by atoms with E-state index in [0.717, 1.165) is 18.8 Å². The number of sulfonamides is 1. The Morgan fingerprint density at radius 1 is 0.970 bits per heavy atom. The molecule has 33 heavy (non-hydrogen) atoms. The van der Waals surface area contributed by atoms with Crippen molar-refractivity contribution in [1.82, 2.24) is 9.62 Å². The van der Waals surface area contributed by atoms with Gasteiger partial charge < -0.3 is 19.6 Å². The predicted molar refractivity (Wildman–Crippen MR) is 125 cm³/mol. The molecule has 1 fully saturated rings. The monoisotopic (exact) mass is 471 g/mol. The zero-order valence-corrected chi connectivity index (χ0v) is 19.1. The van der Waals surface area contributed by atoms with Crippen molar-refractivity contribution in [3.63, 3.8) is 0 Å². The zero-order chi connectivity index (χ0) is 23.3. The van der Waals surface area contributed by atoms with E-state index in [1.165, 1.54) is 12.1 Å². The maximum absolute atomic E-state index is 12.8. The summed E-state index contributed by atoms with van der Waals surface area (Å²) in [6, 6.07) is 17.4. The third-order valence-corrected chi connectivity index (χ3v) is 7.41. The summed E-state index contributed by atoms with van der Waals surface area (Å²) in [5.74, 6) is -0.0163. The topological polar surface area (TPSA) is 99.2 Å². The van der Waals surface area contributed by atoms with Gasteiger partial charge in [-0.25, -0.2) is 13.1 Å². The van der Waals surface area contributed by atoms with Gasteiger partial charge in [-0.1, -0.05) is 48.6 Å². The van der Waals surface area contributed by atoms with Crippen molar-refractivity contribution >= 4 is 21.6 Å². The Hall–Kier alpha value is -2.72. The molecule has 0 spiro atoms. The molecule has 0 aliphatic carbocycles. The average molecular weight is 472 g/mol. The van der Waals surface area contributed by atoms with Gasteiger partial charge in [-0.3, -0.25) is 4.79 Å². The van der Waals surface area contributed by atoms with Crippen LogP contribution >= 0.6 is 0 Å². The highest BCUT2D eigenvalue weighted by atomic mass is 32.2. The van der Waals surface area contributed by atoms with Crippen LogP contribution in [-0.2, 0) is 19.6 Å². The lowest BCUT2D eigenvalue weighted by Crippen LogP contribution is -2.51. The van der Waals surface area contributed by atoms with Crippen molar-refractivity contribution in [1.29, 1.82) is 0 Å². The number of piperazine rings is 1. The Morgan fingerprint density at radius 3 is 2.24 bits per heavy atom. The van der Waals surface area contributed by atoms with Crippen molar-refractivity contribution in [3.8, 4) is 0 Å². The van der Waals surface area contributed by atoms with E-state index in [-0.39, 0.29) is 23.8 Å². The Morgan fingerprint density at radius 2 is 1.61 bits per heavy atom. The Labute approximate surface area is 194 Å². The van der Waals surface area contributed by atoms with Crippen molar-refractivity contribution in [3.05, 3.63) is 72.8 Å². The number of benzene rings is 2. The van der Waals surface area contributed by atoms with E-state index >= 15 is 0 Å². The van der Waals surface area contributed by atoms with E-state index in [2.05, 4.69) is 21.8 Å². The highest BCUT2D eigenvalue weighted by Crippen LogP contribution is 2.20. The van der Waals surface area contributed by atoms with Crippen LogP contribution in [0.4, 0.5) is 5.69 Å². The lowest BCUT2D eigenvalue weighted by Gasteiger charge is -2.37. The van der Waals surface area contributed by atoms with E-state index in [1.54, 1.807) is 30.4 Å². The number of aliphatic hydroxyl groups excluding tert-OH is 1. The standard InChI is InChI=1S/C24H29N3O5S/c28-18-23-22(25-33(30,31)21-9-5-2-6-10-21)12-11-20(32-23)17-24(29)27-15-13-26(14-16-27)19-7-3-1-4-8-19/h1-12,20,22-23,25,28H,13-18H2/t20-,22-,23-/m1/s1. The van der Waals surface area contributed by atoms with E-state index in [4.69, 9.17) is 4.74 Å². The maximum Gasteiger partial charge on any atom is 0.241 e. The minimum Gasteiger partial charge on any atom is -0.394 e. The minimum atomic E-state index is -3.76. The number of amides is 1. The first-order valence-electron chi connectivity index (χ1n) is 11.1. The Kier molecular flexibility index (Phi) is 7.44. The molecular formula is C24H29N3O5S. The van der Waals surface area contributed by atoms with Gasteiger partial charge in [0.05, 0.1) is 30.1 Å². The molecule has 2 heterocycles. The fourth-order valence-electron chi connectivity index (χ4n) is 4.11. The number of ether oxygens (including phenoxy) is 1. The van der Waals surface area contributed by atoms with Crippen LogP contribution in [0.3, 0.4) is 0 Å². The largest absolute Gasteiger partial charge is 0.394 e. The molecule has 4 rings (SSSR count). The van der Waals surface area contributed by atoms with Gasteiger partial charge in [0.1, 0.15) is 6.10 Å². The quantitative estimate of drug-likeness (QED) is 0.592. The first-order chi connectivity index (χ1) is 16.0. The first-order valence-corrected chi connectivity index (χ1v) is 12.5. The number of anilines is 1. The summed E-state index contributed by atoms with van der Waals surface area (Å²) >= 11 is 0. The molecule has 1 saturated heterocycles. The zero-order valence-electron chi connectivity index (χ0n) is 18.3. The second kappa shape index (κ2) is 10.5. The summed E-state index contributed by atoms with van der Waals surface area (Å²) in [5, 5.41) is 9.77. The van der Waals surface area contributed by atoms with Gasteiger partial charge in [0, 0.05) is 31.9 Å². The molecule has 0 bridgehead atoms. The third kappa shape index (κ3) is 5.80. The number of para-hydroxylation sites is 1. The number of nitrogens with one attached hydrogen (secondary N) is 1. The summed E-state index contributed by atoms with van der Waals surface area (Å²) in [4.78, 5) is 17.0. The van der Waals surface area contributed by atoms with E-state index in [9.17, 15) is 18.3 Å². The molecule has 2 aliphatic rings. The summed E-state index contributed by atoms with van der Waals surface area (Å²) in [5.41, 5.74) is 1.15. The predicted octanol–water partition coefficient (Wildman–Crippen LogP) is 1.39. The fourth-order valence-corrected chi connectivity index (χ4v) is 5.35. The molecule has 176 valence electrons. The molecule has 2 aromatic rings. The van der Waals surface area contributed by atoms with Crippen LogP contribution < -0.4 is 9.62 Å². The second-order valence-corrected chi connectivity index (χ2v) is 9.86. The van der Waals surface area contributed by atoms with Gasteiger partial charge in [0.2, 0.25) is 15.9 Å².